The van der Waals surface area contributed by atoms with E-state index in [0.717, 1.165) is 62.0 Å². The summed E-state index contributed by atoms with van der Waals surface area (Å²) in [6, 6.07) is 5.84. The molecule has 6 nitrogen and oxygen atoms in total. The van der Waals surface area contributed by atoms with Crippen LogP contribution < -0.4 is 14.8 Å². The van der Waals surface area contributed by atoms with E-state index in [0.29, 0.717) is 6.54 Å². The van der Waals surface area contributed by atoms with Crippen molar-refractivity contribution < 1.29 is 19.7 Å². The highest BCUT2D eigenvalue weighted by Gasteiger charge is 2.20. The summed E-state index contributed by atoms with van der Waals surface area (Å²) in [5.41, 5.74) is 1.06. The van der Waals surface area contributed by atoms with Gasteiger partial charge in [-0.25, -0.2) is 0 Å². The minimum absolute atomic E-state index is 0.192. The Balaban J connectivity index is 1.42. The Kier molecular flexibility index (Phi) is 9.72. The van der Waals surface area contributed by atoms with Crippen LogP contribution in [0.25, 0.3) is 0 Å². The smallest absolute Gasteiger partial charge is 0.124 e. The van der Waals surface area contributed by atoms with E-state index in [4.69, 9.17) is 9.47 Å². The van der Waals surface area contributed by atoms with Gasteiger partial charge >= 0.3 is 0 Å². The standard InChI is InChI=1S/C24H40N2O4/c1-29-23-8-9-24(30-18-22(28)17-26-13-10-21(27)11-14-26)20(15-23)16-25-12-4-7-19-5-2-3-6-19/h8-9,15,19,21-22,25,27-28H,2-7,10-14,16-18H2,1H3/t22-/m0/s1. The number of nitrogens with zero attached hydrogens (tertiary/aromatic N) is 1. The number of hydrogen-bond acceptors (Lipinski definition) is 6. The molecule has 170 valence electrons. The van der Waals surface area contributed by atoms with Gasteiger partial charge in [0.15, 0.2) is 0 Å². The van der Waals surface area contributed by atoms with Gasteiger partial charge in [-0.15, -0.1) is 0 Å². The van der Waals surface area contributed by atoms with Crippen LogP contribution in [0.1, 0.15) is 56.9 Å². The van der Waals surface area contributed by atoms with Crippen molar-refractivity contribution in [1.29, 1.82) is 0 Å². The van der Waals surface area contributed by atoms with Gasteiger partial charge in [-0.05, 0) is 56.3 Å². The van der Waals surface area contributed by atoms with E-state index in [-0.39, 0.29) is 12.7 Å². The number of hydrogen-bond donors (Lipinski definition) is 3. The summed E-state index contributed by atoms with van der Waals surface area (Å²) < 4.78 is 11.4. The largest absolute Gasteiger partial charge is 0.497 e. The second kappa shape index (κ2) is 12.5. The van der Waals surface area contributed by atoms with Crippen LogP contribution in [0.15, 0.2) is 18.2 Å². The molecule has 1 heterocycles. The second-order valence-corrected chi connectivity index (χ2v) is 8.94. The summed E-state index contributed by atoms with van der Waals surface area (Å²) in [5.74, 6) is 2.55. The number of β-amino-alcohol motifs (C(OH)–C–C–N with tert-alkyl or cyclic N) is 1. The summed E-state index contributed by atoms with van der Waals surface area (Å²) in [5, 5.41) is 23.6. The number of methoxy groups -OCH3 is 1. The summed E-state index contributed by atoms with van der Waals surface area (Å²) in [7, 11) is 1.67. The maximum Gasteiger partial charge on any atom is 0.124 e. The third kappa shape index (κ3) is 7.73. The van der Waals surface area contributed by atoms with Gasteiger partial charge in [-0.2, -0.15) is 0 Å². The quantitative estimate of drug-likeness (QED) is 0.452. The number of aliphatic hydroxyl groups is 2. The Labute approximate surface area is 181 Å². The van der Waals surface area contributed by atoms with Gasteiger partial charge in [0.1, 0.15) is 24.2 Å². The zero-order valence-electron chi connectivity index (χ0n) is 18.5. The van der Waals surface area contributed by atoms with Crippen LogP contribution >= 0.6 is 0 Å². The van der Waals surface area contributed by atoms with Crippen LogP contribution in [-0.2, 0) is 6.54 Å². The van der Waals surface area contributed by atoms with E-state index in [1.807, 2.05) is 18.2 Å². The van der Waals surface area contributed by atoms with Crippen LogP contribution in [-0.4, -0.2) is 67.2 Å². The van der Waals surface area contributed by atoms with Gasteiger partial charge in [-0.3, -0.25) is 0 Å². The topological polar surface area (TPSA) is 74.2 Å². The minimum atomic E-state index is -0.547. The van der Waals surface area contributed by atoms with Crippen LogP contribution in [0.2, 0.25) is 0 Å². The fourth-order valence-electron chi connectivity index (χ4n) is 4.64. The molecular formula is C24H40N2O4. The summed E-state index contributed by atoms with van der Waals surface area (Å²) in [6.07, 6.45) is 9.01. The molecule has 1 saturated carbocycles. The molecule has 1 aliphatic heterocycles. The van der Waals surface area contributed by atoms with Crippen LogP contribution in [0.4, 0.5) is 0 Å². The Morgan fingerprint density at radius 3 is 2.67 bits per heavy atom. The number of piperidine rings is 1. The van der Waals surface area contributed by atoms with Crippen molar-refractivity contribution in [3.8, 4) is 11.5 Å². The highest BCUT2D eigenvalue weighted by Crippen LogP contribution is 2.28. The van der Waals surface area contributed by atoms with Gasteiger partial charge in [0.2, 0.25) is 0 Å². The molecule has 0 unspecified atom stereocenters. The van der Waals surface area contributed by atoms with Crippen LogP contribution in [0, 0.1) is 5.92 Å². The van der Waals surface area contributed by atoms with Crippen molar-refractivity contribution in [1.82, 2.24) is 10.2 Å². The normalized spacial score (nSPS) is 19.8. The third-order valence-corrected chi connectivity index (χ3v) is 6.48. The van der Waals surface area contributed by atoms with Gasteiger partial charge in [0, 0.05) is 31.7 Å². The number of rotatable bonds is 12. The fourth-order valence-corrected chi connectivity index (χ4v) is 4.64. The van der Waals surface area contributed by atoms with E-state index in [1.165, 1.54) is 38.5 Å². The lowest BCUT2D eigenvalue weighted by Gasteiger charge is -2.31. The highest BCUT2D eigenvalue weighted by atomic mass is 16.5. The maximum absolute atomic E-state index is 10.4. The first-order valence-corrected chi connectivity index (χ1v) is 11.7. The average molecular weight is 421 g/mol. The molecule has 3 N–H and O–H groups in total. The number of likely N-dealkylation sites (tertiary alicyclic amines) is 1. The van der Waals surface area contributed by atoms with Crippen molar-refractivity contribution in [2.75, 3.05) is 39.9 Å². The molecule has 0 aromatic heterocycles. The molecule has 1 aliphatic carbocycles. The maximum atomic E-state index is 10.4. The molecule has 2 fully saturated rings. The van der Waals surface area contributed by atoms with Crippen molar-refractivity contribution in [2.45, 2.75) is 70.1 Å². The van der Waals surface area contributed by atoms with Crippen LogP contribution in [0.3, 0.4) is 0 Å². The molecule has 0 amide bonds. The minimum Gasteiger partial charge on any atom is -0.497 e. The molecule has 2 aliphatic rings. The molecule has 0 bridgehead atoms. The predicted octanol–water partition coefficient (Wildman–Crippen LogP) is 2.95. The fraction of sp³-hybridized carbons (Fsp3) is 0.750. The monoisotopic (exact) mass is 420 g/mol. The summed E-state index contributed by atoms with van der Waals surface area (Å²) >= 11 is 0. The van der Waals surface area contributed by atoms with E-state index < -0.39 is 6.10 Å². The van der Waals surface area contributed by atoms with Crippen molar-refractivity contribution >= 4 is 0 Å². The number of aliphatic hydroxyl groups excluding tert-OH is 2. The SMILES string of the molecule is COc1ccc(OC[C@@H](O)CN2CCC(O)CC2)c(CNCCCC2CCCC2)c1. The van der Waals surface area contributed by atoms with Crippen molar-refractivity contribution in [2.24, 2.45) is 5.92 Å². The van der Waals surface area contributed by atoms with E-state index in [1.54, 1.807) is 7.11 Å². The van der Waals surface area contributed by atoms with E-state index in [9.17, 15) is 10.2 Å². The first-order chi connectivity index (χ1) is 14.6. The zero-order chi connectivity index (χ0) is 21.2. The lowest BCUT2D eigenvalue weighted by Crippen LogP contribution is -2.41. The Morgan fingerprint density at radius 1 is 1.17 bits per heavy atom. The second-order valence-electron chi connectivity index (χ2n) is 8.94. The zero-order valence-corrected chi connectivity index (χ0v) is 18.5. The lowest BCUT2D eigenvalue weighted by atomic mass is 10.0. The number of benzene rings is 1. The Morgan fingerprint density at radius 2 is 1.93 bits per heavy atom. The van der Waals surface area contributed by atoms with Gasteiger partial charge in [-0.1, -0.05) is 25.7 Å². The van der Waals surface area contributed by atoms with Crippen molar-refractivity contribution in [3.63, 3.8) is 0 Å². The van der Waals surface area contributed by atoms with Gasteiger partial charge < -0.3 is 29.9 Å². The highest BCUT2D eigenvalue weighted by molar-refractivity contribution is 5.40. The van der Waals surface area contributed by atoms with Crippen molar-refractivity contribution in [3.05, 3.63) is 23.8 Å². The average Bonchev–Trinajstić information content (AvgIpc) is 3.27. The summed E-state index contributed by atoms with van der Waals surface area (Å²) in [4.78, 5) is 2.20. The first-order valence-electron chi connectivity index (χ1n) is 11.7. The van der Waals surface area contributed by atoms with E-state index in [2.05, 4.69) is 10.2 Å². The molecule has 3 rings (SSSR count). The number of nitrogens with one attached hydrogen (secondary N) is 1. The predicted molar refractivity (Wildman–Crippen MR) is 119 cm³/mol. The van der Waals surface area contributed by atoms with Gasteiger partial charge in [0.25, 0.3) is 0 Å². The first kappa shape index (κ1) is 23.3. The molecule has 1 saturated heterocycles. The molecule has 1 aromatic carbocycles. The Hall–Kier alpha value is -1.34. The molecule has 30 heavy (non-hydrogen) atoms. The molecule has 6 heteroatoms. The molecule has 0 radical (unpaired) electrons. The number of ether oxygens (including phenoxy) is 2. The molecule has 1 aromatic rings. The molecular weight excluding hydrogens is 380 g/mol. The summed E-state index contributed by atoms with van der Waals surface area (Å²) in [6.45, 7) is 4.25. The lowest BCUT2D eigenvalue weighted by molar-refractivity contribution is 0.0336. The van der Waals surface area contributed by atoms with E-state index >= 15 is 0 Å². The molecule has 0 spiro atoms. The Bertz CT molecular complexity index is 613. The third-order valence-electron chi connectivity index (χ3n) is 6.48. The van der Waals surface area contributed by atoms with Gasteiger partial charge in [0.05, 0.1) is 13.2 Å². The van der Waals surface area contributed by atoms with Crippen LogP contribution in [0.5, 0.6) is 11.5 Å². The molecule has 1 atom stereocenters.